The van der Waals surface area contributed by atoms with Gasteiger partial charge >= 0.3 is 6.09 Å². The topological polar surface area (TPSA) is 79.0 Å². The third-order valence-corrected chi connectivity index (χ3v) is 5.37. The molecule has 148 valence electrons. The van der Waals surface area contributed by atoms with Crippen LogP contribution in [0.2, 0.25) is 0 Å². The summed E-state index contributed by atoms with van der Waals surface area (Å²) in [7, 11) is 0. The first-order chi connectivity index (χ1) is 12.5. The molecule has 26 heavy (non-hydrogen) atoms. The second-order valence-corrected chi connectivity index (χ2v) is 7.32. The number of rotatable bonds is 5. The maximum absolute atomic E-state index is 12.5. The molecule has 0 aromatic rings. The number of hydrogen-bond acceptors (Lipinski definition) is 4. The molecule has 1 saturated carbocycles. The Bertz CT molecular complexity index is 481. The van der Waals surface area contributed by atoms with E-state index in [4.69, 9.17) is 4.74 Å². The normalized spacial score (nSPS) is 19.5. The van der Waals surface area contributed by atoms with Crippen molar-refractivity contribution < 1.29 is 19.1 Å². The molecule has 1 aliphatic carbocycles. The summed E-state index contributed by atoms with van der Waals surface area (Å²) in [5, 5.41) is 3.04. The number of nitrogens with one attached hydrogen (secondary N) is 1. The Kier molecular flexibility index (Phi) is 8.19. The maximum Gasteiger partial charge on any atom is 0.409 e. The van der Waals surface area contributed by atoms with Crippen molar-refractivity contribution in [1.29, 1.82) is 0 Å². The lowest BCUT2D eigenvalue weighted by Crippen LogP contribution is -2.50. The van der Waals surface area contributed by atoms with Crippen LogP contribution in [-0.2, 0) is 14.3 Å². The molecule has 0 unspecified atom stereocenters. The van der Waals surface area contributed by atoms with E-state index >= 15 is 0 Å². The number of ether oxygens (including phenoxy) is 1. The first-order valence-corrected chi connectivity index (χ1v) is 9.99. The molecule has 0 atom stereocenters. The Morgan fingerprint density at radius 1 is 1.04 bits per heavy atom. The van der Waals surface area contributed by atoms with E-state index in [1.165, 1.54) is 12.8 Å². The van der Waals surface area contributed by atoms with E-state index in [1.807, 2.05) is 0 Å². The molecule has 0 spiro atoms. The smallest absolute Gasteiger partial charge is 0.409 e. The van der Waals surface area contributed by atoms with Crippen LogP contribution in [0.3, 0.4) is 0 Å². The maximum atomic E-state index is 12.5. The summed E-state index contributed by atoms with van der Waals surface area (Å²) >= 11 is 0. The van der Waals surface area contributed by atoms with E-state index < -0.39 is 0 Å². The lowest BCUT2D eigenvalue weighted by Gasteiger charge is -2.33. The van der Waals surface area contributed by atoms with E-state index in [1.54, 1.807) is 23.6 Å². The molecule has 0 bridgehead atoms. The summed E-state index contributed by atoms with van der Waals surface area (Å²) in [6.07, 6.45) is 7.82. The van der Waals surface area contributed by atoms with Crippen LogP contribution in [0, 0.1) is 0 Å². The van der Waals surface area contributed by atoms with Gasteiger partial charge in [0, 0.05) is 32.1 Å². The molecule has 2 rings (SSSR count). The average molecular weight is 367 g/mol. The summed E-state index contributed by atoms with van der Waals surface area (Å²) in [5.41, 5.74) is 0. The SMILES string of the molecule is CCOC(=O)N1CCC(NC(=O)CN(C(C)=O)C2CCCCCC2)CC1. The van der Waals surface area contributed by atoms with Gasteiger partial charge in [-0.05, 0) is 32.6 Å². The second-order valence-electron chi connectivity index (χ2n) is 7.32. The summed E-state index contributed by atoms with van der Waals surface area (Å²) in [5.74, 6) is -0.122. The number of likely N-dealkylation sites (tertiary alicyclic amines) is 1. The van der Waals surface area contributed by atoms with E-state index in [2.05, 4.69) is 5.32 Å². The van der Waals surface area contributed by atoms with E-state index in [0.29, 0.717) is 32.5 Å². The van der Waals surface area contributed by atoms with Gasteiger partial charge in [0.05, 0.1) is 13.2 Å². The van der Waals surface area contributed by atoms with Crippen LogP contribution >= 0.6 is 0 Å². The molecular weight excluding hydrogens is 334 g/mol. The predicted molar refractivity (Wildman–Crippen MR) is 98.6 cm³/mol. The van der Waals surface area contributed by atoms with Crippen LogP contribution in [0.4, 0.5) is 4.79 Å². The number of piperidine rings is 1. The molecule has 2 fully saturated rings. The lowest BCUT2D eigenvalue weighted by atomic mass is 10.0. The van der Waals surface area contributed by atoms with Crippen molar-refractivity contribution in [2.75, 3.05) is 26.2 Å². The highest BCUT2D eigenvalue weighted by Gasteiger charge is 2.27. The highest BCUT2D eigenvalue weighted by atomic mass is 16.6. The fourth-order valence-corrected chi connectivity index (χ4v) is 3.92. The number of amides is 3. The minimum Gasteiger partial charge on any atom is -0.450 e. The summed E-state index contributed by atoms with van der Waals surface area (Å²) in [6, 6.07) is 0.238. The molecule has 7 heteroatoms. The molecule has 1 saturated heterocycles. The summed E-state index contributed by atoms with van der Waals surface area (Å²) in [4.78, 5) is 39.7. The van der Waals surface area contributed by atoms with E-state index in [9.17, 15) is 14.4 Å². The Hall–Kier alpha value is -1.79. The molecule has 0 aromatic carbocycles. The van der Waals surface area contributed by atoms with Crippen LogP contribution in [-0.4, -0.2) is 66.0 Å². The zero-order valence-corrected chi connectivity index (χ0v) is 16.2. The van der Waals surface area contributed by atoms with Gasteiger partial charge in [-0.1, -0.05) is 25.7 Å². The first-order valence-electron chi connectivity index (χ1n) is 9.99. The Balaban J connectivity index is 1.79. The van der Waals surface area contributed by atoms with Crippen LogP contribution in [0.15, 0.2) is 0 Å². The van der Waals surface area contributed by atoms with Crippen molar-refractivity contribution in [3.63, 3.8) is 0 Å². The molecule has 1 aliphatic heterocycles. The van der Waals surface area contributed by atoms with Crippen molar-refractivity contribution >= 4 is 17.9 Å². The molecule has 0 radical (unpaired) electrons. The number of nitrogens with zero attached hydrogens (tertiary/aromatic N) is 2. The molecule has 2 aliphatic rings. The second kappa shape index (κ2) is 10.4. The molecule has 3 amide bonds. The fourth-order valence-electron chi connectivity index (χ4n) is 3.92. The van der Waals surface area contributed by atoms with Gasteiger partial charge in [-0.3, -0.25) is 9.59 Å². The van der Waals surface area contributed by atoms with E-state index in [-0.39, 0.29) is 36.5 Å². The fraction of sp³-hybridized carbons (Fsp3) is 0.842. The number of hydrogen-bond donors (Lipinski definition) is 1. The van der Waals surface area contributed by atoms with Crippen molar-refractivity contribution in [2.45, 2.75) is 77.3 Å². The quantitative estimate of drug-likeness (QED) is 0.756. The summed E-state index contributed by atoms with van der Waals surface area (Å²) in [6.45, 7) is 5.03. The Morgan fingerprint density at radius 2 is 1.65 bits per heavy atom. The third-order valence-electron chi connectivity index (χ3n) is 5.37. The largest absolute Gasteiger partial charge is 0.450 e. The van der Waals surface area contributed by atoms with Gasteiger partial charge in [0.1, 0.15) is 0 Å². The third kappa shape index (κ3) is 6.18. The zero-order chi connectivity index (χ0) is 18.9. The van der Waals surface area contributed by atoms with Crippen LogP contribution < -0.4 is 5.32 Å². The minimum absolute atomic E-state index is 0.0239. The Labute approximate surface area is 156 Å². The first kappa shape index (κ1) is 20.5. The lowest BCUT2D eigenvalue weighted by molar-refractivity contribution is -0.137. The zero-order valence-electron chi connectivity index (χ0n) is 16.2. The average Bonchev–Trinajstić information content (AvgIpc) is 2.89. The molecule has 7 nitrogen and oxygen atoms in total. The van der Waals surface area contributed by atoms with Gasteiger partial charge in [-0.15, -0.1) is 0 Å². The van der Waals surface area contributed by atoms with E-state index in [0.717, 1.165) is 25.7 Å². The van der Waals surface area contributed by atoms with Gasteiger partial charge in [0.15, 0.2) is 0 Å². The van der Waals surface area contributed by atoms with Crippen LogP contribution in [0.1, 0.15) is 65.2 Å². The summed E-state index contributed by atoms with van der Waals surface area (Å²) < 4.78 is 5.01. The van der Waals surface area contributed by atoms with Crippen LogP contribution in [0.5, 0.6) is 0 Å². The monoisotopic (exact) mass is 367 g/mol. The molecule has 1 N–H and O–H groups in total. The molecular formula is C19H33N3O4. The minimum atomic E-state index is -0.284. The Morgan fingerprint density at radius 3 is 2.19 bits per heavy atom. The highest BCUT2D eigenvalue weighted by Crippen LogP contribution is 2.22. The van der Waals surface area contributed by atoms with Crippen molar-refractivity contribution in [1.82, 2.24) is 15.1 Å². The van der Waals surface area contributed by atoms with Gasteiger partial charge in [0.2, 0.25) is 11.8 Å². The van der Waals surface area contributed by atoms with Crippen molar-refractivity contribution in [2.24, 2.45) is 0 Å². The number of carbonyl (C=O) groups excluding carboxylic acids is 3. The van der Waals surface area contributed by atoms with Crippen molar-refractivity contribution in [3.8, 4) is 0 Å². The van der Waals surface area contributed by atoms with Gasteiger partial charge in [0.25, 0.3) is 0 Å². The number of carbonyl (C=O) groups is 3. The van der Waals surface area contributed by atoms with Gasteiger partial charge in [-0.2, -0.15) is 0 Å². The molecule has 1 heterocycles. The molecule has 0 aromatic heterocycles. The van der Waals surface area contributed by atoms with Crippen LogP contribution in [0.25, 0.3) is 0 Å². The van der Waals surface area contributed by atoms with Gasteiger partial charge < -0.3 is 19.9 Å². The highest BCUT2D eigenvalue weighted by molar-refractivity contribution is 5.84. The van der Waals surface area contributed by atoms with Gasteiger partial charge in [-0.25, -0.2) is 4.79 Å². The standard InChI is InChI=1S/C19H33N3O4/c1-3-26-19(25)21-12-10-16(11-13-21)20-18(24)14-22(15(2)23)17-8-6-4-5-7-9-17/h16-17H,3-14H2,1-2H3,(H,20,24). The van der Waals surface area contributed by atoms with Crippen molar-refractivity contribution in [3.05, 3.63) is 0 Å². The predicted octanol–water partition coefficient (Wildman–Crippen LogP) is 2.29.